The van der Waals surface area contributed by atoms with Gasteiger partial charge in [-0.05, 0) is 16.7 Å². The first-order valence-electron chi connectivity index (χ1n) is 8.44. The van der Waals surface area contributed by atoms with Crippen LogP contribution in [0.1, 0.15) is 11.1 Å². The molecule has 0 radical (unpaired) electrons. The summed E-state index contributed by atoms with van der Waals surface area (Å²) in [4.78, 5) is 9.94. The molecule has 0 aliphatic carbocycles. The summed E-state index contributed by atoms with van der Waals surface area (Å²) in [6.07, 6.45) is 1.62. The zero-order chi connectivity index (χ0) is 17.8. The minimum atomic E-state index is 0.602. The molecule has 2 heterocycles. The Hall–Kier alpha value is -2.76. The quantitative estimate of drug-likeness (QED) is 0.518. The maximum atomic E-state index is 5.30. The van der Waals surface area contributed by atoms with Crippen LogP contribution in [-0.2, 0) is 17.9 Å². The van der Waals surface area contributed by atoms with Gasteiger partial charge in [-0.15, -0.1) is 11.3 Å². The Labute approximate surface area is 156 Å². The molecule has 4 rings (SSSR count). The molecule has 0 saturated carbocycles. The average molecular weight is 361 g/mol. The molecule has 130 valence electrons. The van der Waals surface area contributed by atoms with E-state index in [1.54, 1.807) is 24.8 Å². The molecule has 2 aromatic heterocycles. The van der Waals surface area contributed by atoms with Crippen LogP contribution in [-0.4, -0.2) is 17.1 Å². The SMILES string of the molecule is COCc1ccccc1CNc1ncnc2scc(-c3ccccc3)c12. The molecule has 0 amide bonds. The Morgan fingerprint density at radius 1 is 0.962 bits per heavy atom. The molecule has 0 atom stereocenters. The smallest absolute Gasteiger partial charge is 0.139 e. The molecule has 5 heteroatoms. The fourth-order valence-electron chi connectivity index (χ4n) is 3.04. The Balaban J connectivity index is 1.68. The first-order chi connectivity index (χ1) is 12.9. The van der Waals surface area contributed by atoms with Gasteiger partial charge in [0.25, 0.3) is 0 Å². The third kappa shape index (κ3) is 3.31. The summed E-state index contributed by atoms with van der Waals surface area (Å²) in [5, 5.41) is 6.73. The minimum Gasteiger partial charge on any atom is -0.380 e. The molecule has 0 fully saturated rings. The second-order valence-corrected chi connectivity index (χ2v) is 6.83. The lowest BCUT2D eigenvalue weighted by atomic mass is 10.1. The highest BCUT2D eigenvalue weighted by Crippen LogP contribution is 2.36. The predicted molar refractivity (Wildman–Crippen MR) is 107 cm³/mol. The third-order valence-corrected chi connectivity index (χ3v) is 5.21. The van der Waals surface area contributed by atoms with Crippen molar-refractivity contribution in [2.75, 3.05) is 12.4 Å². The van der Waals surface area contributed by atoms with E-state index in [1.165, 1.54) is 22.3 Å². The molecule has 0 unspecified atom stereocenters. The third-order valence-electron chi connectivity index (χ3n) is 4.32. The van der Waals surface area contributed by atoms with E-state index < -0.39 is 0 Å². The minimum absolute atomic E-state index is 0.602. The van der Waals surface area contributed by atoms with E-state index >= 15 is 0 Å². The van der Waals surface area contributed by atoms with E-state index in [9.17, 15) is 0 Å². The summed E-state index contributed by atoms with van der Waals surface area (Å²) in [7, 11) is 1.72. The molecule has 1 N–H and O–H groups in total. The molecule has 4 nitrogen and oxygen atoms in total. The van der Waals surface area contributed by atoms with Crippen molar-refractivity contribution < 1.29 is 4.74 Å². The number of hydrogen-bond acceptors (Lipinski definition) is 5. The molecular weight excluding hydrogens is 342 g/mol. The van der Waals surface area contributed by atoms with Crippen molar-refractivity contribution in [3.05, 3.63) is 77.4 Å². The van der Waals surface area contributed by atoms with E-state index in [0.29, 0.717) is 13.2 Å². The molecule has 2 aromatic carbocycles. The Morgan fingerprint density at radius 2 is 1.73 bits per heavy atom. The summed E-state index contributed by atoms with van der Waals surface area (Å²) in [6.45, 7) is 1.29. The largest absolute Gasteiger partial charge is 0.380 e. The number of fused-ring (bicyclic) bond motifs is 1. The van der Waals surface area contributed by atoms with Gasteiger partial charge in [0.15, 0.2) is 0 Å². The van der Waals surface area contributed by atoms with Crippen LogP contribution in [0.4, 0.5) is 5.82 Å². The molecular formula is C21H19N3OS. The normalized spacial score (nSPS) is 11.0. The van der Waals surface area contributed by atoms with Crippen molar-refractivity contribution in [2.24, 2.45) is 0 Å². The fraction of sp³-hybridized carbons (Fsp3) is 0.143. The summed E-state index contributed by atoms with van der Waals surface area (Å²) in [5.41, 5.74) is 4.73. The maximum Gasteiger partial charge on any atom is 0.139 e. The summed E-state index contributed by atoms with van der Waals surface area (Å²) >= 11 is 1.64. The van der Waals surface area contributed by atoms with Gasteiger partial charge in [0.2, 0.25) is 0 Å². The van der Waals surface area contributed by atoms with Crippen molar-refractivity contribution in [3.63, 3.8) is 0 Å². The molecule has 0 saturated heterocycles. The van der Waals surface area contributed by atoms with Crippen LogP contribution in [0.25, 0.3) is 21.3 Å². The second-order valence-electron chi connectivity index (χ2n) is 5.97. The van der Waals surface area contributed by atoms with Gasteiger partial charge in [0, 0.05) is 24.6 Å². The van der Waals surface area contributed by atoms with Crippen LogP contribution in [0.3, 0.4) is 0 Å². The molecule has 0 spiro atoms. The molecule has 4 aromatic rings. The summed E-state index contributed by atoms with van der Waals surface area (Å²) < 4.78 is 5.30. The molecule has 0 aliphatic rings. The monoisotopic (exact) mass is 361 g/mol. The van der Waals surface area contributed by atoms with E-state index in [2.05, 4.69) is 57.1 Å². The highest BCUT2D eigenvalue weighted by molar-refractivity contribution is 7.17. The van der Waals surface area contributed by atoms with Gasteiger partial charge in [0.1, 0.15) is 17.0 Å². The number of thiophene rings is 1. The van der Waals surface area contributed by atoms with E-state index in [-0.39, 0.29) is 0 Å². The van der Waals surface area contributed by atoms with E-state index in [4.69, 9.17) is 4.74 Å². The number of hydrogen-bond donors (Lipinski definition) is 1. The van der Waals surface area contributed by atoms with Crippen LogP contribution < -0.4 is 5.32 Å². The number of methoxy groups -OCH3 is 1. The van der Waals surface area contributed by atoms with Gasteiger partial charge in [-0.25, -0.2) is 9.97 Å². The Bertz CT molecular complexity index is 1010. The van der Waals surface area contributed by atoms with Gasteiger partial charge < -0.3 is 10.1 Å². The van der Waals surface area contributed by atoms with Crippen LogP contribution in [0, 0.1) is 0 Å². The number of aromatic nitrogens is 2. The van der Waals surface area contributed by atoms with Gasteiger partial charge in [-0.3, -0.25) is 0 Å². The number of benzene rings is 2. The van der Waals surface area contributed by atoms with Crippen molar-refractivity contribution in [2.45, 2.75) is 13.2 Å². The second kappa shape index (κ2) is 7.64. The van der Waals surface area contributed by atoms with E-state index in [0.717, 1.165) is 16.0 Å². The fourth-order valence-corrected chi connectivity index (χ4v) is 3.96. The van der Waals surface area contributed by atoms with Crippen LogP contribution in [0.2, 0.25) is 0 Å². The van der Waals surface area contributed by atoms with Gasteiger partial charge in [-0.1, -0.05) is 54.6 Å². The zero-order valence-corrected chi connectivity index (χ0v) is 15.3. The maximum absolute atomic E-state index is 5.30. The van der Waals surface area contributed by atoms with E-state index in [1.807, 2.05) is 18.2 Å². The van der Waals surface area contributed by atoms with Crippen LogP contribution in [0.15, 0.2) is 66.3 Å². The number of anilines is 1. The topological polar surface area (TPSA) is 47.0 Å². The van der Waals surface area contributed by atoms with Crippen molar-refractivity contribution in [3.8, 4) is 11.1 Å². The highest BCUT2D eigenvalue weighted by Gasteiger charge is 2.13. The standard InChI is InChI=1S/C21H19N3OS/c1-25-12-17-10-6-5-9-16(17)11-22-20-19-18(15-7-3-2-4-8-15)13-26-21(19)24-14-23-20/h2-10,13-14H,11-12H2,1H3,(H,22,23,24). The zero-order valence-electron chi connectivity index (χ0n) is 14.5. The Kier molecular flexibility index (Phi) is 4.91. The predicted octanol–water partition coefficient (Wildman–Crippen LogP) is 5.12. The number of rotatable bonds is 6. The number of nitrogens with one attached hydrogen (secondary N) is 1. The van der Waals surface area contributed by atoms with Gasteiger partial charge >= 0.3 is 0 Å². The van der Waals surface area contributed by atoms with Crippen LogP contribution >= 0.6 is 11.3 Å². The summed E-state index contributed by atoms with van der Waals surface area (Å²) in [6, 6.07) is 18.7. The summed E-state index contributed by atoms with van der Waals surface area (Å²) in [5.74, 6) is 0.863. The average Bonchev–Trinajstić information content (AvgIpc) is 3.13. The lowest BCUT2D eigenvalue weighted by molar-refractivity contribution is 0.184. The lowest BCUT2D eigenvalue weighted by Gasteiger charge is -2.12. The lowest BCUT2D eigenvalue weighted by Crippen LogP contribution is -2.05. The van der Waals surface area contributed by atoms with Crippen molar-refractivity contribution >= 4 is 27.4 Å². The Morgan fingerprint density at radius 3 is 2.54 bits per heavy atom. The molecule has 0 bridgehead atoms. The highest BCUT2D eigenvalue weighted by atomic mass is 32.1. The first kappa shape index (κ1) is 16.7. The first-order valence-corrected chi connectivity index (χ1v) is 9.32. The van der Waals surface area contributed by atoms with Crippen molar-refractivity contribution in [1.82, 2.24) is 9.97 Å². The molecule has 0 aliphatic heterocycles. The van der Waals surface area contributed by atoms with Crippen molar-refractivity contribution in [1.29, 1.82) is 0 Å². The number of ether oxygens (including phenoxy) is 1. The van der Waals surface area contributed by atoms with Gasteiger partial charge in [-0.2, -0.15) is 0 Å². The number of nitrogens with zero attached hydrogens (tertiary/aromatic N) is 2. The van der Waals surface area contributed by atoms with Crippen LogP contribution in [0.5, 0.6) is 0 Å². The van der Waals surface area contributed by atoms with Gasteiger partial charge in [0.05, 0.1) is 12.0 Å². The molecule has 26 heavy (non-hydrogen) atoms.